The van der Waals surface area contributed by atoms with E-state index in [0.29, 0.717) is 29.9 Å². The van der Waals surface area contributed by atoms with Gasteiger partial charge in [0.25, 0.3) is 5.69 Å². The van der Waals surface area contributed by atoms with Crippen LogP contribution in [0.2, 0.25) is 5.02 Å². The summed E-state index contributed by atoms with van der Waals surface area (Å²) >= 11 is 6.25. The molecule has 1 aromatic heterocycles. The van der Waals surface area contributed by atoms with E-state index in [9.17, 15) is 28.1 Å². The highest BCUT2D eigenvalue weighted by molar-refractivity contribution is 6.32. The average Bonchev–Trinajstić information content (AvgIpc) is 2.69. The van der Waals surface area contributed by atoms with Crippen molar-refractivity contribution in [2.24, 2.45) is 0 Å². The molecule has 0 atom stereocenters. The molecule has 4 rings (SSSR count). The number of alkyl halides is 3. The molecule has 0 aliphatic heterocycles. The molecule has 0 bridgehead atoms. The molecule has 1 aliphatic carbocycles. The SMILES string of the molecule is O=c1oc2cc(Oc3ccc([N+](=O)[O-])cc3C(F)(F)F)c(Cl)cc2c2c1CCCC2. The van der Waals surface area contributed by atoms with Gasteiger partial charge in [-0.2, -0.15) is 13.2 Å². The maximum atomic E-state index is 13.4. The van der Waals surface area contributed by atoms with Crippen molar-refractivity contribution in [2.45, 2.75) is 31.9 Å². The normalized spacial score (nSPS) is 13.9. The van der Waals surface area contributed by atoms with E-state index in [1.54, 1.807) is 0 Å². The Morgan fingerprint density at radius 2 is 1.77 bits per heavy atom. The lowest BCUT2D eigenvalue weighted by molar-refractivity contribution is -0.385. The van der Waals surface area contributed by atoms with Crippen LogP contribution in [0.4, 0.5) is 18.9 Å². The Bertz CT molecular complexity index is 1240. The summed E-state index contributed by atoms with van der Waals surface area (Å²) in [5, 5.41) is 11.5. The fraction of sp³-hybridized carbons (Fsp3) is 0.250. The van der Waals surface area contributed by atoms with Gasteiger partial charge in [-0.3, -0.25) is 10.1 Å². The van der Waals surface area contributed by atoms with E-state index >= 15 is 0 Å². The zero-order valence-electron chi connectivity index (χ0n) is 15.2. The lowest BCUT2D eigenvalue weighted by atomic mass is 9.90. The third kappa shape index (κ3) is 3.60. The smallest absolute Gasteiger partial charge is 0.420 e. The lowest BCUT2D eigenvalue weighted by Crippen LogP contribution is -2.15. The van der Waals surface area contributed by atoms with Crippen molar-refractivity contribution in [3.05, 3.63) is 72.6 Å². The molecule has 0 saturated carbocycles. The Balaban J connectivity index is 1.82. The molecular formula is C20H13ClF3NO5. The molecule has 0 amide bonds. The molecule has 6 nitrogen and oxygen atoms in total. The summed E-state index contributed by atoms with van der Waals surface area (Å²) in [6.07, 6.45) is -1.84. The van der Waals surface area contributed by atoms with Gasteiger partial charge < -0.3 is 9.15 Å². The number of nitro benzene ring substituents is 1. The van der Waals surface area contributed by atoms with Gasteiger partial charge in [-0.15, -0.1) is 0 Å². The molecule has 0 radical (unpaired) electrons. The largest absolute Gasteiger partial charge is 0.455 e. The number of nitrogens with zero attached hydrogens (tertiary/aromatic N) is 1. The van der Waals surface area contributed by atoms with Crippen LogP contribution in [0.15, 0.2) is 39.5 Å². The van der Waals surface area contributed by atoms with Crippen LogP contribution < -0.4 is 10.4 Å². The maximum absolute atomic E-state index is 13.4. The average molecular weight is 440 g/mol. The summed E-state index contributed by atoms with van der Waals surface area (Å²) in [6.45, 7) is 0. The highest BCUT2D eigenvalue weighted by Gasteiger charge is 2.36. The van der Waals surface area contributed by atoms with E-state index in [2.05, 4.69) is 0 Å². The summed E-state index contributed by atoms with van der Waals surface area (Å²) in [5.74, 6) is -0.822. The zero-order chi connectivity index (χ0) is 21.6. The molecule has 0 spiro atoms. The van der Waals surface area contributed by atoms with Crippen molar-refractivity contribution < 1.29 is 27.2 Å². The van der Waals surface area contributed by atoms with Gasteiger partial charge in [0.1, 0.15) is 22.6 Å². The number of benzene rings is 2. The molecule has 156 valence electrons. The Hall–Kier alpha value is -3.07. The highest BCUT2D eigenvalue weighted by Crippen LogP contribution is 2.42. The molecule has 3 aromatic rings. The minimum atomic E-state index is -4.89. The quantitative estimate of drug-likeness (QED) is 0.282. The molecule has 0 unspecified atom stereocenters. The molecule has 0 fully saturated rings. The van der Waals surface area contributed by atoms with Crippen molar-refractivity contribution in [1.29, 1.82) is 0 Å². The second kappa shape index (κ2) is 7.32. The topological polar surface area (TPSA) is 82.6 Å². The van der Waals surface area contributed by atoms with Crippen LogP contribution >= 0.6 is 11.6 Å². The Kier molecular flexibility index (Phi) is 4.93. The van der Waals surface area contributed by atoms with Gasteiger partial charge in [-0.1, -0.05) is 11.6 Å². The summed E-state index contributed by atoms with van der Waals surface area (Å²) in [6, 6.07) is 4.90. The molecule has 0 saturated heterocycles. The molecule has 30 heavy (non-hydrogen) atoms. The van der Waals surface area contributed by atoms with E-state index < -0.39 is 33.7 Å². The van der Waals surface area contributed by atoms with E-state index in [4.69, 9.17) is 20.8 Å². The predicted molar refractivity (Wildman–Crippen MR) is 102 cm³/mol. The third-order valence-electron chi connectivity index (χ3n) is 4.98. The standard InChI is InChI=1S/C20H13ClF3NO5/c21-15-8-13-11-3-1-2-4-12(11)19(26)30-17(13)9-18(15)29-16-6-5-10(25(27)28)7-14(16)20(22,23)24/h5-9H,1-4H2. The maximum Gasteiger partial charge on any atom is 0.420 e. The first-order valence-electron chi connectivity index (χ1n) is 8.97. The van der Waals surface area contributed by atoms with E-state index in [-0.39, 0.29) is 16.4 Å². The van der Waals surface area contributed by atoms with Gasteiger partial charge in [-0.05, 0) is 43.4 Å². The minimum Gasteiger partial charge on any atom is -0.455 e. The number of nitro groups is 1. The second-order valence-corrected chi connectivity index (χ2v) is 7.28. The number of halogens is 4. The monoisotopic (exact) mass is 439 g/mol. The molecule has 2 aromatic carbocycles. The molecule has 0 N–H and O–H groups in total. The Morgan fingerprint density at radius 3 is 2.43 bits per heavy atom. The van der Waals surface area contributed by atoms with Gasteiger partial charge in [-0.25, -0.2) is 4.79 Å². The van der Waals surface area contributed by atoms with Gasteiger partial charge in [0.15, 0.2) is 0 Å². The van der Waals surface area contributed by atoms with Crippen LogP contribution in [-0.4, -0.2) is 4.92 Å². The number of ether oxygens (including phenoxy) is 1. The van der Waals surface area contributed by atoms with Crippen molar-refractivity contribution in [3.8, 4) is 11.5 Å². The second-order valence-electron chi connectivity index (χ2n) is 6.87. The van der Waals surface area contributed by atoms with Crippen LogP contribution in [-0.2, 0) is 19.0 Å². The van der Waals surface area contributed by atoms with Gasteiger partial charge >= 0.3 is 11.8 Å². The Labute approximate surface area is 172 Å². The van der Waals surface area contributed by atoms with Gasteiger partial charge in [0.2, 0.25) is 0 Å². The number of non-ortho nitro benzene ring substituents is 1. The number of hydrogen-bond acceptors (Lipinski definition) is 5. The zero-order valence-corrected chi connectivity index (χ0v) is 16.0. The fourth-order valence-electron chi connectivity index (χ4n) is 3.58. The predicted octanol–water partition coefficient (Wildman–Crippen LogP) is 6.04. The van der Waals surface area contributed by atoms with Gasteiger partial charge in [0.05, 0.1) is 9.95 Å². The summed E-state index contributed by atoms with van der Waals surface area (Å²) < 4.78 is 50.9. The lowest BCUT2D eigenvalue weighted by Gasteiger charge is -2.18. The van der Waals surface area contributed by atoms with Crippen LogP contribution in [0.5, 0.6) is 11.5 Å². The third-order valence-corrected chi connectivity index (χ3v) is 5.27. The van der Waals surface area contributed by atoms with Crippen LogP contribution in [0.1, 0.15) is 29.5 Å². The summed E-state index contributed by atoms with van der Waals surface area (Å²) in [5.41, 5.74) is -0.968. The van der Waals surface area contributed by atoms with Crippen molar-refractivity contribution in [1.82, 2.24) is 0 Å². The molecular weight excluding hydrogens is 427 g/mol. The van der Waals surface area contributed by atoms with Crippen molar-refractivity contribution in [2.75, 3.05) is 0 Å². The number of fused-ring (bicyclic) bond motifs is 3. The first kappa shape index (κ1) is 20.2. The number of hydrogen-bond donors (Lipinski definition) is 0. The highest BCUT2D eigenvalue weighted by atomic mass is 35.5. The summed E-state index contributed by atoms with van der Waals surface area (Å²) in [4.78, 5) is 22.2. The van der Waals surface area contributed by atoms with Crippen LogP contribution in [0, 0.1) is 10.1 Å². The van der Waals surface area contributed by atoms with Crippen molar-refractivity contribution >= 4 is 28.3 Å². The first-order chi connectivity index (χ1) is 14.1. The number of rotatable bonds is 3. The van der Waals surface area contributed by atoms with Crippen molar-refractivity contribution in [3.63, 3.8) is 0 Å². The van der Waals surface area contributed by atoms with E-state index in [0.717, 1.165) is 30.5 Å². The van der Waals surface area contributed by atoms with E-state index in [1.165, 1.54) is 12.1 Å². The minimum absolute atomic E-state index is 0.0237. The van der Waals surface area contributed by atoms with Crippen LogP contribution in [0.25, 0.3) is 11.0 Å². The fourth-order valence-corrected chi connectivity index (χ4v) is 3.79. The molecule has 1 heterocycles. The molecule has 1 aliphatic rings. The van der Waals surface area contributed by atoms with Gasteiger partial charge in [0, 0.05) is 29.1 Å². The van der Waals surface area contributed by atoms with E-state index in [1.807, 2.05) is 0 Å². The first-order valence-corrected chi connectivity index (χ1v) is 9.34. The molecule has 10 heteroatoms. The number of aryl methyl sites for hydroxylation is 1. The van der Waals surface area contributed by atoms with Crippen LogP contribution in [0.3, 0.4) is 0 Å². The Morgan fingerprint density at radius 1 is 1.07 bits per heavy atom. The summed E-state index contributed by atoms with van der Waals surface area (Å²) in [7, 11) is 0.